The molecule has 19 heavy (non-hydrogen) atoms. The quantitative estimate of drug-likeness (QED) is 0.887. The van der Waals surface area contributed by atoms with Crippen molar-refractivity contribution in [3.05, 3.63) is 42.1 Å². The minimum Gasteiger partial charge on any atom is -0.324 e. The molecule has 2 heteroatoms. The van der Waals surface area contributed by atoms with E-state index in [-0.39, 0.29) is 6.04 Å². The number of nitrogens with zero attached hydrogens (tertiary/aromatic N) is 1. The van der Waals surface area contributed by atoms with Crippen LogP contribution in [0.3, 0.4) is 0 Å². The number of hydrogen-bond donors (Lipinski definition) is 1. The van der Waals surface area contributed by atoms with E-state index in [0.29, 0.717) is 0 Å². The molecule has 1 saturated carbocycles. The summed E-state index contributed by atoms with van der Waals surface area (Å²) in [6, 6.07) is 10.6. The molecule has 0 amide bonds. The first-order chi connectivity index (χ1) is 9.33. The van der Waals surface area contributed by atoms with E-state index in [1.54, 1.807) is 0 Å². The molecular formula is C17H22N2. The molecule has 0 bridgehead atoms. The van der Waals surface area contributed by atoms with Gasteiger partial charge in [-0.25, -0.2) is 0 Å². The Morgan fingerprint density at radius 2 is 2.00 bits per heavy atom. The van der Waals surface area contributed by atoms with Gasteiger partial charge in [-0.15, -0.1) is 0 Å². The summed E-state index contributed by atoms with van der Waals surface area (Å²) in [7, 11) is 0. The van der Waals surface area contributed by atoms with Crippen LogP contribution in [-0.2, 0) is 0 Å². The molecule has 1 unspecified atom stereocenters. The van der Waals surface area contributed by atoms with Gasteiger partial charge >= 0.3 is 0 Å². The summed E-state index contributed by atoms with van der Waals surface area (Å²) in [5.74, 6) is 0.916. The van der Waals surface area contributed by atoms with Crippen molar-refractivity contribution in [1.82, 2.24) is 4.98 Å². The third-order valence-corrected chi connectivity index (χ3v) is 4.40. The van der Waals surface area contributed by atoms with Crippen molar-refractivity contribution in [2.24, 2.45) is 11.7 Å². The van der Waals surface area contributed by atoms with Crippen molar-refractivity contribution in [2.75, 3.05) is 0 Å². The lowest BCUT2D eigenvalue weighted by atomic mass is 9.95. The van der Waals surface area contributed by atoms with Gasteiger partial charge in [0, 0.05) is 17.6 Å². The Morgan fingerprint density at radius 3 is 2.84 bits per heavy atom. The monoisotopic (exact) mass is 254 g/mol. The summed E-state index contributed by atoms with van der Waals surface area (Å²) in [4.78, 5) is 4.50. The van der Waals surface area contributed by atoms with Crippen molar-refractivity contribution in [1.29, 1.82) is 0 Å². The van der Waals surface area contributed by atoms with Crippen LogP contribution in [0, 0.1) is 5.92 Å². The molecule has 0 spiro atoms. The first-order valence-corrected chi connectivity index (χ1v) is 7.43. The van der Waals surface area contributed by atoms with Gasteiger partial charge in [0.2, 0.25) is 0 Å². The SMILES string of the molecule is NC(CCC1CCCC1)c1cnc2ccccc2c1. The van der Waals surface area contributed by atoms with E-state index < -0.39 is 0 Å². The lowest BCUT2D eigenvalue weighted by Crippen LogP contribution is -2.12. The average Bonchev–Trinajstić information content (AvgIpc) is 2.97. The fourth-order valence-corrected chi connectivity index (χ4v) is 3.17. The molecule has 2 N–H and O–H groups in total. The molecule has 3 rings (SSSR count). The number of fused-ring (bicyclic) bond motifs is 1. The van der Waals surface area contributed by atoms with E-state index in [9.17, 15) is 0 Å². The standard InChI is InChI=1S/C17H22N2/c18-16(10-9-13-5-1-2-6-13)15-11-14-7-3-4-8-17(14)19-12-15/h3-4,7-8,11-13,16H,1-2,5-6,9-10,18H2. The van der Waals surface area contributed by atoms with Gasteiger partial charge in [-0.2, -0.15) is 0 Å². The number of para-hydroxylation sites is 1. The number of benzene rings is 1. The second-order valence-electron chi connectivity index (χ2n) is 5.80. The summed E-state index contributed by atoms with van der Waals surface area (Å²) < 4.78 is 0. The largest absolute Gasteiger partial charge is 0.324 e. The van der Waals surface area contributed by atoms with E-state index in [1.807, 2.05) is 18.3 Å². The molecule has 1 aromatic carbocycles. The highest BCUT2D eigenvalue weighted by atomic mass is 14.7. The lowest BCUT2D eigenvalue weighted by molar-refractivity contribution is 0.454. The smallest absolute Gasteiger partial charge is 0.0702 e. The minimum atomic E-state index is 0.137. The number of rotatable bonds is 4. The number of pyridine rings is 1. The van der Waals surface area contributed by atoms with Gasteiger partial charge in [0.1, 0.15) is 0 Å². The van der Waals surface area contributed by atoms with Gasteiger partial charge < -0.3 is 5.73 Å². The van der Waals surface area contributed by atoms with Crippen LogP contribution in [0.5, 0.6) is 0 Å². The second kappa shape index (κ2) is 5.70. The lowest BCUT2D eigenvalue weighted by Gasteiger charge is -2.15. The first-order valence-electron chi connectivity index (χ1n) is 7.43. The molecule has 0 saturated heterocycles. The molecule has 100 valence electrons. The Hall–Kier alpha value is -1.41. The number of hydrogen-bond acceptors (Lipinski definition) is 2. The van der Waals surface area contributed by atoms with Gasteiger partial charge in [-0.05, 0) is 36.5 Å². The van der Waals surface area contributed by atoms with Crippen LogP contribution in [0.2, 0.25) is 0 Å². The Balaban J connectivity index is 1.68. The summed E-state index contributed by atoms with van der Waals surface area (Å²) >= 11 is 0. The molecule has 1 fully saturated rings. The van der Waals surface area contributed by atoms with Gasteiger partial charge in [-0.3, -0.25) is 4.98 Å². The average molecular weight is 254 g/mol. The second-order valence-corrected chi connectivity index (χ2v) is 5.80. The number of nitrogens with two attached hydrogens (primary N) is 1. The first kappa shape index (κ1) is 12.6. The van der Waals surface area contributed by atoms with Crippen LogP contribution in [0.15, 0.2) is 36.5 Å². The van der Waals surface area contributed by atoms with E-state index in [2.05, 4.69) is 23.2 Å². The highest BCUT2D eigenvalue weighted by Gasteiger charge is 2.16. The summed E-state index contributed by atoms with van der Waals surface area (Å²) in [5, 5.41) is 1.19. The van der Waals surface area contributed by atoms with Crippen LogP contribution < -0.4 is 5.73 Å². The zero-order valence-electron chi connectivity index (χ0n) is 11.4. The Morgan fingerprint density at radius 1 is 1.21 bits per heavy atom. The number of aromatic nitrogens is 1. The van der Waals surface area contributed by atoms with Gasteiger partial charge in [0.25, 0.3) is 0 Å². The maximum atomic E-state index is 6.32. The third kappa shape index (κ3) is 2.95. The fourth-order valence-electron chi connectivity index (χ4n) is 3.17. The van der Waals surface area contributed by atoms with Crippen LogP contribution in [0.1, 0.15) is 50.1 Å². The minimum absolute atomic E-state index is 0.137. The molecule has 1 aromatic heterocycles. The molecule has 1 aliphatic rings. The van der Waals surface area contributed by atoms with Crippen molar-refractivity contribution >= 4 is 10.9 Å². The van der Waals surface area contributed by atoms with Crippen LogP contribution in [0.4, 0.5) is 0 Å². The molecule has 2 aromatic rings. The van der Waals surface area contributed by atoms with Crippen LogP contribution >= 0.6 is 0 Å². The molecule has 0 aliphatic heterocycles. The maximum Gasteiger partial charge on any atom is 0.0702 e. The molecule has 1 atom stereocenters. The van der Waals surface area contributed by atoms with Crippen molar-refractivity contribution < 1.29 is 0 Å². The Bertz CT molecular complexity index is 544. The topological polar surface area (TPSA) is 38.9 Å². The summed E-state index contributed by atoms with van der Waals surface area (Å²) in [5.41, 5.74) is 8.55. The molecule has 1 heterocycles. The van der Waals surface area contributed by atoms with Crippen molar-refractivity contribution in [2.45, 2.75) is 44.6 Å². The van der Waals surface area contributed by atoms with E-state index in [1.165, 1.54) is 43.1 Å². The van der Waals surface area contributed by atoms with Crippen LogP contribution in [0.25, 0.3) is 10.9 Å². The third-order valence-electron chi connectivity index (χ3n) is 4.40. The van der Waals surface area contributed by atoms with E-state index in [4.69, 9.17) is 5.73 Å². The molecule has 2 nitrogen and oxygen atoms in total. The van der Waals surface area contributed by atoms with E-state index in [0.717, 1.165) is 17.9 Å². The normalized spacial score (nSPS) is 17.9. The Labute approximate surface area is 115 Å². The maximum absolute atomic E-state index is 6.32. The highest BCUT2D eigenvalue weighted by Crippen LogP contribution is 2.31. The molecule has 1 aliphatic carbocycles. The zero-order chi connectivity index (χ0) is 13.1. The van der Waals surface area contributed by atoms with Gasteiger partial charge in [0.05, 0.1) is 5.52 Å². The van der Waals surface area contributed by atoms with Gasteiger partial charge in [-0.1, -0.05) is 43.9 Å². The predicted molar refractivity (Wildman–Crippen MR) is 79.9 cm³/mol. The van der Waals surface area contributed by atoms with Crippen molar-refractivity contribution in [3.8, 4) is 0 Å². The Kier molecular flexibility index (Phi) is 3.79. The molecule has 0 radical (unpaired) electrons. The van der Waals surface area contributed by atoms with Gasteiger partial charge in [0.15, 0.2) is 0 Å². The van der Waals surface area contributed by atoms with Crippen LogP contribution in [-0.4, -0.2) is 4.98 Å². The highest BCUT2D eigenvalue weighted by molar-refractivity contribution is 5.78. The predicted octanol–water partition coefficient (Wildman–Crippen LogP) is 4.21. The van der Waals surface area contributed by atoms with Crippen molar-refractivity contribution in [3.63, 3.8) is 0 Å². The zero-order valence-corrected chi connectivity index (χ0v) is 11.4. The summed E-state index contributed by atoms with van der Waals surface area (Å²) in [6.45, 7) is 0. The summed E-state index contributed by atoms with van der Waals surface area (Å²) in [6.07, 6.45) is 9.95. The molecular weight excluding hydrogens is 232 g/mol. The fraction of sp³-hybridized carbons (Fsp3) is 0.471. The van der Waals surface area contributed by atoms with E-state index >= 15 is 0 Å².